The van der Waals surface area contributed by atoms with E-state index in [2.05, 4.69) is 16.6 Å². The van der Waals surface area contributed by atoms with E-state index < -0.39 is 4.92 Å². The molecule has 0 atom stereocenters. The molecule has 0 saturated heterocycles. The maximum absolute atomic E-state index is 11.6. The number of nitro groups is 1. The fraction of sp³-hybridized carbons (Fsp3) is 0.250. The summed E-state index contributed by atoms with van der Waals surface area (Å²) >= 11 is 1.72. The molecule has 2 rings (SSSR count). The van der Waals surface area contributed by atoms with Crippen LogP contribution in [0.4, 0.5) is 5.69 Å². The Kier molecular flexibility index (Phi) is 6.43. The molecule has 0 unspecified atom stereocenters. The molecule has 0 aliphatic rings. The first-order valence-corrected chi connectivity index (χ1v) is 8.12. The summed E-state index contributed by atoms with van der Waals surface area (Å²) in [6, 6.07) is 10.2. The molecular formula is C16H17N3O3S. The zero-order valence-electron chi connectivity index (χ0n) is 12.5. The summed E-state index contributed by atoms with van der Waals surface area (Å²) in [5, 5.41) is 16.5. The second kappa shape index (κ2) is 8.79. The monoisotopic (exact) mass is 331 g/mol. The van der Waals surface area contributed by atoms with E-state index in [-0.39, 0.29) is 11.6 Å². The highest BCUT2D eigenvalue weighted by Crippen LogP contribution is 2.13. The molecule has 1 heterocycles. The molecule has 0 spiro atoms. The van der Waals surface area contributed by atoms with Crippen LogP contribution in [0.2, 0.25) is 0 Å². The minimum Gasteiger partial charge on any atom is -0.273 e. The number of carbonyl (C=O) groups excluding carboxylic acids is 1. The number of non-ortho nitro benzene ring substituents is 1. The van der Waals surface area contributed by atoms with E-state index in [0.29, 0.717) is 12.0 Å². The van der Waals surface area contributed by atoms with Gasteiger partial charge in [-0.1, -0.05) is 18.2 Å². The zero-order valence-corrected chi connectivity index (χ0v) is 13.3. The van der Waals surface area contributed by atoms with Gasteiger partial charge in [0.15, 0.2) is 0 Å². The van der Waals surface area contributed by atoms with Crippen LogP contribution in [0.15, 0.2) is 46.9 Å². The number of aryl methyl sites for hydroxylation is 1. The Labute approximate surface area is 138 Å². The molecule has 1 amide bonds. The van der Waals surface area contributed by atoms with Crippen molar-refractivity contribution in [2.75, 3.05) is 0 Å². The van der Waals surface area contributed by atoms with Crippen molar-refractivity contribution in [1.82, 2.24) is 5.43 Å². The topological polar surface area (TPSA) is 84.6 Å². The summed E-state index contributed by atoms with van der Waals surface area (Å²) in [6.45, 7) is 0. The third-order valence-corrected chi connectivity index (χ3v) is 4.08. The van der Waals surface area contributed by atoms with Crippen LogP contribution in [0.3, 0.4) is 0 Å². The lowest BCUT2D eigenvalue weighted by molar-refractivity contribution is -0.384. The van der Waals surface area contributed by atoms with Crippen molar-refractivity contribution in [3.05, 3.63) is 62.3 Å². The van der Waals surface area contributed by atoms with Crippen LogP contribution in [-0.4, -0.2) is 17.0 Å². The van der Waals surface area contributed by atoms with Crippen LogP contribution < -0.4 is 5.43 Å². The minimum atomic E-state index is -0.469. The summed E-state index contributed by atoms with van der Waals surface area (Å²) in [4.78, 5) is 23.2. The number of hydrazone groups is 1. The third kappa shape index (κ3) is 5.99. The zero-order chi connectivity index (χ0) is 16.5. The lowest BCUT2D eigenvalue weighted by Crippen LogP contribution is -2.16. The lowest BCUT2D eigenvalue weighted by atomic mass is 10.2. The van der Waals surface area contributed by atoms with Gasteiger partial charge in [-0.2, -0.15) is 5.10 Å². The first-order chi connectivity index (χ1) is 11.1. The second-order valence-electron chi connectivity index (χ2n) is 4.93. The molecule has 0 saturated carbocycles. The van der Waals surface area contributed by atoms with E-state index >= 15 is 0 Å². The Morgan fingerprint density at radius 2 is 2.17 bits per heavy atom. The fourth-order valence-electron chi connectivity index (χ4n) is 1.99. The molecule has 1 N–H and O–H groups in total. The van der Waals surface area contributed by atoms with E-state index in [4.69, 9.17) is 0 Å². The van der Waals surface area contributed by atoms with Gasteiger partial charge in [-0.3, -0.25) is 14.9 Å². The number of benzene rings is 1. The van der Waals surface area contributed by atoms with Gasteiger partial charge in [0, 0.05) is 29.0 Å². The van der Waals surface area contributed by atoms with Gasteiger partial charge < -0.3 is 0 Å². The predicted molar refractivity (Wildman–Crippen MR) is 90.7 cm³/mol. The van der Waals surface area contributed by atoms with Crippen LogP contribution in [0.25, 0.3) is 0 Å². The van der Waals surface area contributed by atoms with E-state index in [1.165, 1.54) is 23.2 Å². The van der Waals surface area contributed by atoms with Crippen LogP contribution >= 0.6 is 11.3 Å². The van der Waals surface area contributed by atoms with Crippen molar-refractivity contribution in [2.45, 2.75) is 25.7 Å². The number of rotatable bonds is 8. The fourth-order valence-corrected chi connectivity index (χ4v) is 2.74. The number of nitrogens with zero attached hydrogens (tertiary/aromatic N) is 2. The van der Waals surface area contributed by atoms with E-state index in [1.807, 2.05) is 11.4 Å². The van der Waals surface area contributed by atoms with Crippen molar-refractivity contribution in [2.24, 2.45) is 5.10 Å². The predicted octanol–water partition coefficient (Wildman–Crippen LogP) is 3.52. The maximum Gasteiger partial charge on any atom is 0.270 e. The Balaban J connectivity index is 1.69. The second-order valence-corrected chi connectivity index (χ2v) is 5.96. The molecule has 2 aromatic rings. The molecule has 0 bridgehead atoms. The average molecular weight is 331 g/mol. The van der Waals surface area contributed by atoms with E-state index in [0.717, 1.165) is 19.3 Å². The van der Waals surface area contributed by atoms with E-state index in [9.17, 15) is 14.9 Å². The third-order valence-electron chi connectivity index (χ3n) is 3.14. The van der Waals surface area contributed by atoms with Crippen LogP contribution in [0.5, 0.6) is 0 Å². The van der Waals surface area contributed by atoms with Crippen LogP contribution in [0, 0.1) is 10.1 Å². The van der Waals surface area contributed by atoms with Crippen LogP contribution in [-0.2, 0) is 11.2 Å². The highest BCUT2D eigenvalue weighted by molar-refractivity contribution is 7.09. The standard InChI is InChI=1S/C16H17N3O3S/c20-16(9-2-1-7-15-8-4-10-23-15)18-17-12-13-5-3-6-14(11-13)19(21)22/h3-6,8,10-12H,1-2,7,9H2,(H,18,20)/b17-12+. The maximum atomic E-state index is 11.6. The SMILES string of the molecule is O=C(CCCCc1cccs1)N/N=C/c1cccc([N+](=O)[O-])c1. The van der Waals surface area contributed by atoms with Gasteiger partial charge >= 0.3 is 0 Å². The number of unbranched alkanes of at least 4 members (excludes halogenated alkanes) is 1. The normalized spacial score (nSPS) is 10.8. The number of thiophene rings is 1. The lowest BCUT2D eigenvalue weighted by Gasteiger charge is -2.00. The highest BCUT2D eigenvalue weighted by atomic mass is 32.1. The molecule has 1 aromatic heterocycles. The minimum absolute atomic E-state index is 0.00569. The highest BCUT2D eigenvalue weighted by Gasteiger charge is 2.04. The summed E-state index contributed by atoms with van der Waals surface area (Å²) < 4.78 is 0. The van der Waals surface area contributed by atoms with Gasteiger partial charge in [-0.05, 0) is 30.7 Å². The van der Waals surface area contributed by atoms with Crippen molar-refractivity contribution in [3.63, 3.8) is 0 Å². The molecule has 120 valence electrons. The first-order valence-electron chi connectivity index (χ1n) is 7.24. The Bertz CT molecular complexity index is 684. The molecule has 23 heavy (non-hydrogen) atoms. The smallest absolute Gasteiger partial charge is 0.270 e. The molecule has 0 aliphatic carbocycles. The number of carbonyl (C=O) groups is 1. The number of nitro benzene ring substituents is 1. The summed E-state index contributed by atoms with van der Waals surface area (Å²) in [5.74, 6) is -0.155. The molecule has 0 aliphatic heterocycles. The largest absolute Gasteiger partial charge is 0.273 e. The van der Waals surface area contributed by atoms with Gasteiger partial charge in [-0.25, -0.2) is 5.43 Å². The average Bonchev–Trinajstić information content (AvgIpc) is 3.05. The molecule has 0 fully saturated rings. The Hall–Kier alpha value is -2.54. The van der Waals surface area contributed by atoms with Gasteiger partial charge in [0.2, 0.25) is 5.91 Å². The number of hydrogen-bond acceptors (Lipinski definition) is 5. The van der Waals surface area contributed by atoms with Crippen LogP contribution in [0.1, 0.15) is 29.7 Å². The van der Waals surface area contributed by atoms with Gasteiger partial charge in [0.1, 0.15) is 0 Å². The van der Waals surface area contributed by atoms with Gasteiger partial charge in [0.05, 0.1) is 11.1 Å². The summed E-state index contributed by atoms with van der Waals surface area (Å²) in [6.07, 6.45) is 4.56. The summed E-state index contributed by atoms with van der Waals surface area (Å²) in [7, 11) is 0. The first kappa shape index (κ1) is 16.8. The van der Waals surface area contributed by atoms with Crippen molar-refractivity contribution < 1.29 is 9.72 Å². The van der Waals surface area contributed by atoms with Crippen molar-refractivity contribution >= 4 is 29.1 Å². The summed E-state index contributed by atoms with van der Waals surface area (Å²) in [5.41, 5.74) is 3.00. The number of nitrogens with one attached hydrogen (secondary N) is 1. The Morgan fingerprint density at radius 1 is 1.30 bits per heavy atom. The van der Waals surface area contributed by atoms with Crippen molar-refractivity contribution in [3.8, 4) is 0 Å². The number of hydrogen-bond donors (Lipinski definition) is 1. The quantitative estimate of drug-likeness (QED) is 0.347. The van der Waals surface area contributed by atoms with Gasteiger partial charge in [-0.15, -0.1) is 11.3 Å². The molecule has 1 aromatic carbocycles. The molecule has 0 radical (unpaired) electrons. The Morgan fingerprint density at radius 3 is 2.91 bits per heavy atom. The van der Waals surface area contributed by atoms with Crippen molar-refractivity contribution in [1.29, 1.82) is 0 Å². The van der Waals surface area contributed by atoms with E-state index in [1.54, 1.807) is 23.5 Å². The molecular weight excluding hydrogens is 314 g/mol. The molecule has 6 nitrogen and oxygen atoms in total. The number of amides is 1. The molecule has 7 heteroatoms. The van der Waals surface area contributed by atoms with Gasteiger partial charge in [0.25, 0.3) is 5.69 Å².